The standard InChI is InChI=1S/C23H18FNO2S3/c1-15-7-13-18(14-8-15)28-23-25-21(16-9-11-17(24)12-10-16)22(29-23)19-5-3-4-6-20(19)30(2,26)27/h3-14H,1-2H3. The van der Waals surface area contributed by atoms with E-state index in [1.807, 2.05) is 37.3 Å². The number of thiazole rings is 1. The van der Waals surface area contributed by atoms with Crippen LogP contribution in [0.2, 0.25) is 0 Å². The smallest absolute Gasteiger partial charge is 0.176 e. The lowest BCUT2D eigenvalue weighted by molar-refractivity contribution is 0.602. The topological polar surface area (TPSA) is 47.0 Å². The molecule has 152 valence electrons. The van der Waals surface area contributed by atoms with E-state index in [1.54, 1.807) is 30.3 Å². The molecule has 1 heterocycles. The normalized spacial score (nSPS) is 11.6. The number of sulfone groups is 1. The maximum atomic E-state index is 13.5. The number of rotatable bonds is 5. The molecule has 0 bridgehead atoms. The fourth-order valence-electron chi connectivity index (χ4n) is 3.01. The summed E-state index contributed by atoms with van der Waals surface area (Å²) in [6.45, 7) is 2.03. The fraction of sp³-hybridized carbons (Fsp3) is 0.0870. The molecule has 30 heavy (non-hydrogen) atoms. The molecule has 3 aromatic carbocycles. The summed E-state index contributed by atoms with van der Waals surface area (Å²) in [5.41, 5.74) is 3.16. The lowest BCUT2D eigenvalue weighted by Crippen LogP contribution is -1.99. The van der Waals surface area contributed by atoms with Crippen molar-refractivity contribution in [2.75, 3.05) is 6.26 Å². The Hall–Kier alpha value is -2.48. The molecule has 0 fully saturated rings. The first-order valence-corrected chi connectivity index (χ1v) is 12.6. The molecule has 0 unspecified atom stereocenters. The number of hydrogen-bond donors (Lipinski definition) is 0. The number of halogens is 1. The first-order chi connectivity index (χ1) is 14.3. The number of nitrogens with zero attached hydrogens (tertiary/aromatic N) is 1. The maximum absolute atomic E-state index is 13.5. The Morgan fingerprint density at radius 1 is 0.933 bits per heavy atom. The van der Waals surface area contributed by atoms with Gasteiger partial charge in [-0.15, -0.1) is 11.3 Å². The number of aryl methyl sites for hydroxylation is 1. The van der Waals surface area contributed by atoms with Gasteiger partial charge in [0.15, 0.2) is 14.2 Å². The molecular weight excluding hydrogens is 437 g/mol. The highest BCUT2D eigenvalue weighted by molar-refractivity contribution is 8.01. The predicted molar refractivity (Wildman–Crippen MR) is 121 cm³/mol. The Morgan fingerprint density at radius 3 is 2.27 bits per heavy atom. The van der Waals surface area contributed by atoms with E-state index in [0.717, 1.165) is 19.7 Å². The van der Waals surface area contributed by atoms with Crippen molar-refractivity contribution < 1.29 is 12.8 Å². The second kappa shape index (κ2) is 8.34. The summed E-state index contributed by atoms with van der Waals surface area (Å²) in [5.74, 6) is -0.332. The average molecular weight is 456 g/mol. The summed E-state index contributed by atoms with van der Waals surface area (Å²) in [6, 6.07) is 21.1. The van der Waals surface area contributed by atoms with Crippen LogP contribution in [0.15, 0.2) is 86.9 Å². The van der Waals surface area contributed by atoms with Gasteiger partial charge in [-0.25, -0.2) is 17.8 Å². The highest BCUT2D eigenvalue weighted by Gasteiger charge is 2.21. The quantitative estimate of drug-likeness (QED) is 0.346. The van der Waals surface area contributed by atoms with Crippen LogP contribution in [-0.4, -0.2) is 19.7 Å². The van der Waals surface area contributed by atoms with Crippen LogP contribution < -0.4 is 0 Å². The van der Waals surface area contributed by atoms with Crippen LogP contribution in [0.3, 0.4) is 0 Å². The number of aromatic nitrogens is 1. The Labute approximate surface area is 183 Å². The van der Waals surface area contributed by atoms with Gasteiger partial charge in [0.25, 0.3) is 0 Å². The monoisotopic (exact) mass is 455 g/mol. The van der Waals surface area contributed by atoms with Gasteiger partial charge in [0.2, 0.25) is 0 Å². The fourth-order valence-corrected chi connectivity index (χ4v) is 6.15. The molecule has 0 atom stereocenters. The van der Waals surface area contributed by atoms with Crippen LogP contribution in [0.25, 0.3) is 21.7 Å². The van der Waals surface area contributed by atoms with E-state index < -0.39 is 9.84 Å². The molecule has 1 aromatic heterocycles. The van der Waals surface area contributed by atoms with Gasteiger partial charge in [-0.3, -0.25) is 0 Å². The van der Waals surface area contributed by atoms with Crippen LogP contribution in [0, 0.1) is 12.7 Å². The predicted octanol–water partition coefficient (Wildman–Crippen LogP) is 6.48. The Balaban J connectivity index is 1.87. The first-order valence-electron chi connectivity index (χ1n) is 9.12. The first kappa shape index (κ1) is 20.8. The summed E-state index contributed by atoms with van der Waals surface area (Å²) in [5, 5.41) is 0. The van der Waals surface area contributed by atoms with Gasteiger partial charge in [-0.05, 0) is 49.4 Å². The van der Waals surface area contributed by atoms with Crippen LogP contribution in [0.4, 0.5) is 4.39 Å². The van der Waals surface area contributed by atoms with Crippen molar-refractivity contribution >= 4 is 32.9 Å². The molecule has 0 aliphatic carbocycles. The zero-order valence-electron chi connectivity index (χ0n) is 16.3. The average Bonchev–Trinajstić information content (AvgIpc) is 3.13. The van der Waals surface area contributed by atoms with E-state index in [9.17, 15) is 12.8 Å². The van der Waals surface area contributed by atoms with Gasteiger partial charge in [-0.1, -0.05) is 47.7 Å². The van der Waals surface area contributed by atoms with E-state index in [1.165, 1.54) is 47.1 Å². The van der Waals surface area contributed by atoms with E-state index in [-0.39, 0.29) is 10.7 Å². The minimum Gasteiger partial charge on any atom is -0.229 e. The van der Waals surface area contributed by atoms with Crippen molar-refractivity contribution in [2.45, 2.75) is 21.1 Å². The van der Waals surface area contributed by atoms with Crippen molar-refractivity contribution in [1.82, 2.24) is 4.98 Å². The van der Waals surface area contributed by atoms with Crippen LogP contribution >= 0.6 is 23.1 Å². The SMILES string of the molecule is Cc1ccc(Sc2nc(-c3ccc(F)cc3)c(-c3ccccc3S(C)(=O)=O)s2)cc1. The summed E-state index contributed by atoms with van der Waals surface area (Å²) in [7, 11) is -3.43. The summed E-state index contributed by atoms with van der Waals surface area (Å²) in [6.07, 6.45) is 1.20. The second-order valence-corrected chi connectivity index (χ2v) is 11.2. The highest BCUT2D eigenvalue weighted by atomic mass is 32.2. The molecular formula is C23H18FNO2S3. The van der Waals surface area contributed by atoms with Gasteiger partial charge in [0.05, 0.1) is 15.5 Å². The maximum Gasteiger partial charge on any atom is 0.176 e. The van der Waals surface area contributed by atoms with Gasteiger partial charge in [-0.2, -0.15) is 0 Å². The molecule has 0 aliphatic rings. The minimum absolute atomic E-state index is 0.254. The molecule has 7 heteroatoms. The minimum atomic E-state index is -3.43. The van der Waals surface area contributed by atoms with E-state index in [2.05, 4.69) is 0 Å². The second-order valence-electron chi connectivity index (χ2n) is 6.85. The Morgan fingerprint density at radius 2 is 1.60 bits per heavy atom. The van der Waals surface area contributed by atoms with E-state index in [0.29, 0.717) is 11.3 Å². The molecule has 0 saturated heterocycles. The zero-order valence-corrected chi connectivity index (χ0v) is 18.7. The van der Waals surface area contributed by atoms with Crippen molar-refractivity contribution in [2.24, 2.45) is 0 Å². The molecule has 4 rings (SSSR count). The third-order valence-electron chi connectivity index (χ3n) is 4.48. The summed E-state index contributed by atoms with van der Waals surface area (Å²) in [4.78, 5) is 6.84. The van der Waals surface area contributed by atoms with E-state index in [4.69, 9.17) is 4.98 Å². The largest absolute Gasteiger partial charge is 0.229 e. The number of hydrogen-bond acceptors (Lipinski definition) is 5. The molecule has 4 aromatic rings. The highest BCUT2D eigenvalue weighted by Crippen LogP contribution is 2.44. The molecule has 0 spiro atoms. The van der Waals surface area contributed by atoms with Crippen LogP contribution in [-0.2, 0) is 9.84 Å². The Kier molecular flexibility index (Phi) is 5.77. The molecule has 0 amide bonds. The molecule has 0 saturated carbocycles. The Bertz CT molecular complexity index is 1300. The lowest BCUT2D eigenvalue weighted by atomic mass is 10.1. The zero-order chi connectivity index (χ0) is 21.3. The third-order valence-corrected chi connectivity index (χ3v) is 7.79. The van der Waals surface area contributed by atoms with Crippen molar-refractivity contribution in [3.8, 4) is 21.7 Å². The van der Waals surface area contributed by atoms with Gasteiger partial charge < -0.3 is 0 Å². The van der Waals surface area contributed by atoms with Crippen LogP contribution in [0.1, 0.15) is 5.56 Å². The summed E-state index contributed by atoms with van der Waals surface area (Å²) < 4.78 is 39.0. The van der Waals surface area contributed by atoms with Crippen LogP contribution in [0.5, 0.6) is 0 Å². The van der Waals surface area contributed by atoms with Gasteiger partial charge >= 0.3 is 0 Å². The van der Waals surface area contributed by atoms with Gasteiger partial charge in [0, 0.05) is 22.3 Å². The van der Waals surface area contributed by atoms with Crippen molar-refractivity contribution in [1.29, 1.82) is 0 Å². The lowest BCUT2D eigenvalue weighted by Gasteiger charge is -2.08. The van der Waals surface area contributed by atoms with Gasteiger partial charge in [0.1, 0.15) is 5.82 Å². The van der Waals surface area contributed by atoms with E-state index >= 15 is 0 Å². The van der Waals surface area contributed by atoms with Crippen molar-refractivity contribution in [3.63, 3.8) is 0 Å². The molecule has 0 radical (unpaired) electrons. The van der Waals surface area contributed by atoms with Crippen molar-refractivity contribution in [3.05, 3.63) is 84.2 Å². The summed E-state index contributed by atoms with van der Waals surface area (Å²) >= 11 is 2.96. The third kappa shape index (κ3) is 4.48. The molecule has 0 aliphatic heterocycles. The molecule has 0 N–H and O–H groups in total. The number of benzene rings is 3. The molecule has 3 nitrogen and oxygen atoms in total.